The molecule has 0 spiro atoms. The lowest BCUT2D eigenvalue weighted by atomic mass is 10.00. The number of carboxylic acids is 2. The maximum Gasteiger partial charge on any atom is 0.414 e. The minimum atomic E-state index is -1.82. The zero-order valence-electron chi connectivity index (χ0n) is 34.5. The molecule has 2 N–H and O–H groups in total. The van der Waals surface area contributed by atoms with Crippen molar-refractivity contribution in [2.75, 3.05) is 40.3 Å². The van der Waals surface area contributed by atoms with Crippen LogP contribution in [0, 0.1) is 0 Å². The summed E-state index contributed by atoms with van der Waals surface area (Å²) in [6.45, 7) is 6.34. The lowest BCUT2D eigenvalue weighted by Gasteiger charge is -2.32. The van der Waals surface area contributed by atoms with Crippen LogP contribution in [0.15, 0.2) is 78.6 Å². The monoisotopic (exact) mass is 833 g/mol. The molecule has 60 heavy (non-hydrogen) atoms. The number of thiazole rings is 1. The van der Waals surface area contributed by atoms with Crippen molar-refractivity contribution < 1.29 is 29.3 Å². The number of allylic oxidation sites excluding steroid dienone is 2. The lowest BCUT2D eigenvalue weighted by Crippen LogP contribution is -2.35. The van der Waals surface area contributed by atoms with Crippen LogP contribution in [0.4, 0.5) is 0 Å². The fourth-order valence-electron chi connectivity index (χ4n) is 8.84. The molecule has 0 amide bonds. The molecular formula is C46H55N7O6S. The number of piperidine rings is 2. The van der Waals surface area contributed by atoms with Crippen LogP contribution in [-0.2, 0) is 45.0 Å². The third-order valence-corrected chi connectivity index (χ3v) is 13.0. The standard InChI is InChI=1S/C23H29N3O.C21H24N4OS.C2H2O4/c1-25-13-11-19(12-14-25)27-22-20-9-5-4-6-17(20)10-15-26-16-21(24-23(22)26)18-7-2-3-8-18;1-24-10-7-16(8-11-24)26-19-17-5-3-2-4-15(17)6-12-25-14-18(23-20(19)25)21-22-9-13-27-21;3-1(4)2(5)6/h4-7,9,16,19,22H,2-3,8,10-15H2,1H3;2-5,9,13-14,16,19H,6-8,10-12H2,1H3;(H,3,4)(H,5,6). The molecule has 0 saturated carbocycles. The van der Waals surface area contributed by atoms with E-state index in [-0.39, 0.29) is 18.3 Å². The molecular weight excluding hydrogens is 779 g/mol. The summed E-state index contributed by atoms with van der Waals surface area (Å²) in [6, 6.07) is 17.5. The van der Waals surface area contributed by atoms with E-state index in [9.17, 15) is 0 Å². The van der Waals surface area contributed by atoms with Gasteiger partial charge in [0, 0.05) is 63.2 Å². The van der Waals surface area contributed by atoms with E-state index < -0.39 is 11.9 Å². The van der Waals surface area contributed by atoms with Crippen molar-refractivity contribution in [2.24, 2.45) is 0 Å². The molecule has 316 valence electrons. The second-order valence-electron chi connectivity index (χ2n) is 16.4. The zero-order valence-corrected chi connectivity index (χ0v) is 35.3. The van der Waals surface area contributed by atoms with Gasteiger partial charge in [0.25, 0.3) is 0 Å². The number of rotatable bonds is 6. The quantitative estimate of drug-likeness (QED) is 0.169. The number of hydrogen-bond acceptors (Lipinski definition) is 10. The fraction of sp³-hybridized carbons (Fsp3) is 0.457. The molecule has 0 radical (unpaired) electrons. The minimum absolute atomic E-state index is 0.0483. The Morgan fingerprint density at radius 1 is 0.683 bits per heavy atom. The van der Waals surface area contributed by atoms with E-state index in [1.165, 1.54) is 46.4 Å². The number of ether oxygens (including phenoxy) is 2. The van der Waals surface area contributed by atoms with Crippen molar-refractivity contribution >= 4 is 28.8 Å². The van der Waals surface area contributed by atoms with Gasteiger partial charge in [-0.15, -0.1) is 11.3 Å². The first-order chi connectivity index (χ1) is 29.2. The number of imidazole rings is 2. The molecule has 13 nitrogen and oxygen atoms in total. The van der Waals surface area contributed by atoms with Crippen LogP contribution in [0.5, 0.6) is 0 Å². The van der Waals surface area contributed by atoms with E-state index >= 15 is 0 Å². The number of carboxylic acid groups (broad SMARTS) is 2. The number of fused-ring (bicyclic) bond motifs is 4. The minimum Gasteiger partial charge on any atom is -0.473 e. The summed E-state index contributed by atoms with van der Waals surface area (Å²) >= 11 is 1.63. The van der Waals surface area contributed by atoms with Crippen LogP contribution in [0.2, 0.25) is 0 Å². The first-order valence-electron chi connectivity index (χ1n) is 21.2. The largest absolute Gasteiger partial charge is 0.473 e. The van der Waals surface area contributed by atoms with E-state index in [1.54, 1.807) is 11.3 Å². The highest BCUT2D eigenvalue weighted by Gasteiger charge is 2.33. The highest BCUT2D eigenvalue weighted by atomic mass is 32.1. The van der Waals surface area contributed by atoms with E-state index in [0.29, 0.717) is 6.10 Å². The van der Waals surface area contributed by atoms with Gasteiger partial charge in [0.2, 0.25) is 0 Å². The Kier molecular flexibility index (Phi) is 13.3. The fourth-order valence-corrected chi connectivity index (χ4v) is 9.43. The molecule has 2 saturated heterocycles. The molecule has 2 unspecified atom stereocenters. The molecule has 5 aromatic rings. The van der Waals surface area contributed by atoms with Crippen molar-refractivity contribution in [3.05, 3.63) is 118 Å². The number of nitrogens with zero attached hydrogens (tertiary/aromatic N) is 7. The van der Waals surface area contributed by atoms with Crippen molar-refractivity contribution in [2.45, 2.75) is 95.3 Å². The predicted molar refractivity (Wildman–Crippen MR) is 230 cm³/mol. The van der Waals surface area contributed by atoms with Gasteiger partial charge in [-0.2, -0.15) is 0 Å². The summed E-state index contributed by atoms with van der Waals surface area (Å²) in [5.74, 6) is -1.53. The maximum atomic E-state index is 9.10. The number of aromatic nitrogens is 5. The smallest absolute Gasteiger partial charge is 0.414 e. The number of carbonyl (C=O) groups is 2. The van der Waals surface area contributed by atoms with Crippen LogP contribution in [0.3, 0.4) is 0 Å². The molecule has 5 aliphatic rings. The Hall–Kier alpha value is -4.99. The van der Waals surface area contributed by atoms with Crippen LogP contribution >= 0.6 is 11.3 Å². The van der Waals surface area contributed by atoms with Crippen LogP contribution in [0.25, 0.3) is 16.3 Å². The highest BCUT2D eigenvalue weighted by Crippen LogP contribution is 2.38. The average Bonchev–Trinajstić information content (AvgIpc) is 4.10. The summed E-state index contributed by atoms with van der Waals surface area (Å²) in [4.78, 5) is 37.5. The van der Waals surface area contributed by atoms with Crippen molar-refractivity contribution in [3.8, 4) is 10.7 Å². The summed E-state index contributed by atoms with van der Waals surface area (Å²) in [7, 11) is 4.38. The molecule has 2 aromatic carbocycles. The second kappa shape index (κ2) is 19.2. The molecule has 3 aromatic heterocycles. The summed E-state index contributed by atoms with van der Waals surface area (Å²) < 4.78 is 18.1. The third-order valence-electron chi connectivity index (χ3n) is 12.2. The van der Waals surface area contributed by atoms with Gasteiger partial charge in [-0.05, 0) is 99.7 Å². The number of aryl methyl sites for hydroxylation is 4. The SMILES string of the molecule is CN1CCC(OC2c3ccccc3CCn3cc(-c4nccs4)nc32)CC1.CN1CCC(OC2c3ccccc3CCn3cc(C4=CCCC4)nc32)CC1.O=C(O)C(=O)O. The second-order valence-corrected chi connectivity index (χ2v) is 17.3. The summed E-state index contributed by atoms with van der Waals surface area (Å²) in [5, 5.41) is 17.8. The van der Waals surface area contributed by atoms with E-state index in [0.717, 1.165) is 107 Å². The van der Waals surface area contributed by atoms with Crippen LogP contribution in [-0.4, -0.2) is 109 Å². The van der Waals surface area contributed by atoms with Gasteiger partial charge in [-0.25, -0.2) is 24.5 Å². The maximum absolute atomic E-state index is 9.10. The van der Waals surface area contributed by atoms with Crippen molar-refractivity contribution in [1.82, 2.24) is 33.9 Å². The normalized spacial score (nSPS) is 20.7. The third kappa shape index (κ3) is 9.79. The molecule has 1 aliphatic carbocycles. The number of aliphatic carboxylic acids is 2. The lowest BCUT2D eigenvalue weighted by molar-refractivity contribution is -0.159. The first-order valence-corrected chi connectivity index (χ1v) is 22.1. The van der Waals surface area contributed by atoms with Crippen LogP contribution in [0.1, 0.15) is 96.8 Å². The van der Waals surface area contributed by atoms with E-state index in [1.807, 2.05) is 11.6 Å². The Morgan fingerprint density at radius 2 is 1.18 bits per heavy atom. The zero-order chi connectivity index (χ0) is 41.6. The van der Waals surface area contributed by atoms with Crippen molar-refractivity contribution in [1.29, 1.82) is 0 Å². The molecule has 14 heteroatoms. The number of benzene rings is 2. The van der Waals surface area contributed by atoms with Gasteiger partial charge in [-0.3, -0.25) is 0 Å². The van der Waals surface area contributed by atoms with E-state index in [2.05, 4.69) is 105 Å². The predicted octanol–water partition coefficient (Wildman–Crippen LogP) is 7.13. The molecule has 7 heterocycles. The number of likely N-dealkylation sites (tertiary alicyclic amines) is 2. The average molecular weight is 834 g/mol. The van der Waals surface area contributed by atoms with Gasteiger partial charge in [-0.1, -0.05) is 54.6 Å². The Morgan fingerprint density at radius 3 is 1.65 bits per heavy atom. The molecule has 0 bridgehead atoms. The summed E-state index contributed by atoms with van der Waals surface area (Å²) in [6.07, 6.45) is 19.1. The molecule has 2 fully saturated rings. The van der Waals surface area contributed by atoms with Gasteiger partial charge < -0.3 is 38.6 Å². The highest BCUT2D eigenvalue weighted by molar-refractivity contribution is 7.13. The van der Waals surface area contributed by atoms with Crippen molar-refractivity contribution in [3.63, 3.8) is 0 Å². The first kappa shape index (κ1) is 41.7. The molecule has 2 atom stereocenters. The van der Waals surface area contributed by atoms with E-state index in [4.69, 9.17) is 39.2 Å². The van der Waals surface area contributed by atoms with Gasteiger partial charge >= 0.3 is 11.9 Å². The Bertz CT molecular complexity index is 2260. The Labute approximate surface area is 355 Å². The topological polar surface area (TPSA) is 148 Å². The molecule has 4 aliphatic heterocycles. The number of hydrogen-bond donors (Lipinski definition) is 2. The summed E-state index contributed by atoms with van der Waals surface area (Å²) in [5.41, 5.74) is 8.90. The Balaban J connectivity index is 0.000000147. The van der Waals surface area contributed by atoms with Gasteiger partial charge in [0.05, 0.1) is 17.9 Å². The van der Waals surface area contributed by atoms with Gasteiger partial charge in [0.1, 0.15) is 34.6 Å². The van der Waals surface area contributed by atoms with Crippen LogP contribution < -0.4 is 0 Å². The molecule has 10 rings (SSSR count). The van der Waals surface area contributed by atoms with Gasteiger partial charge in [0.15, 0.2) is 0 Å².